The van der Waals surface area contributed by atoms with Gasteiger partial charge in [0.05, 0.1) is 12.2 Å². The van der Waals surface area contributed by atoms with Crippen molar-refractivity contribution in [3.8, 4) is 0 Å². The van der Waals surface area contributed by atoms with E-state index in [-0.39, 0.29) is 0 Å². The Bertz CT molecular complexity index is 104. The van der Waals surface area contributed by atoms with Crippen molar-refractivity contribution >= 4 is 0 Å². The first-order valence-electron chi connectivity index (χ1n) is 4.26. The lowest BCUT2D eigenvalue weighted by atomic mass is 10.0. The maximum absolute atomic E-state index is 9.23. The molecule has 0 aliphatic carbocycles. The maximum Gasteiger partial charge on any atom is 0.108 e. The van der Waals surface area contributed by atoms with Crippen LogP contribution in [-0.4, -0.2) is 44.8 Å². The molecule has 0 saturated carbocycles. The molecule has 0 rings (SSSR count). The predicted octanol–water partition coefficient (Wildman–Crippen LogP) is -0.750. The van der Waals surface area contributed by atoms with Gasteiger partial charge in [-0.25, -0.2) is 0 Å². The van der Waals surface area contributed by atoms with E-state index in [0.717, 1.165) is 0 Å². The van der Waals surface area contributed by atoms with Crippen LogP contribution in [0.25, 0.3) is 0 Å². The van der Waals surface area contributed by atoms with Gasteiger partial charge < -0.3 is 20.4 Å². The molecule has 12 heavy (non-hydrogen) atoms. The van der Waals surface area contributed by atoms with Gasteiger partial charge in [0.25, 0.3) is 0 Å². The van der Waals surface area contributed by atoms with Gasteiger partial charge in [-0.15, -0.1) is 0 Å². The summed E-state index contributed by atoms with van der Waals surface area (Å²) in [7, 11) is 0. The summed E-state index contributed by atoms with van der Waals surface area (Å²) in [6.45, 7) is 3.39. The summed E-state index contributed by atoms with van der Waals surface area (Å²) in [5, 5.41) is 36.7. The first kappa shape index (κ1) is 11.8. The van der Waals surface area contributed by atoms with Crippen molar-refractivity contribution in [2.24, 2.45) is 0 Å². The molecule has 0 radical (unpaired) electrons. The molecular weight excluding hydrogens is 160 g/mol. The fraction of sp³-hybridized carbons (Fsp3) is 1.00. The molecule has 0 saturated heterocycles. The Labute approximate surface area is 72.5 Å². The van der Waals surface area contributed by atoms with Crippen molar-refractivity contribution in [3.05, 3.63) is 0 Å². The smallest absolute Gasteiger partial charge is 0.108 e. The van der Waals surface area contributed by atoms with E-state index < -0.39 is 24.4 Å². The van der Waals surface area contributed by atoms with Crippen molar-refractivity contribution < 1.29 is 20.4 Å². The highest BCUT2D eigenvalue weighted by Crippen LogP contribution is 2.09. The third-order valence-electron chi connectivity index (χ3n) is 1.97. The second-order valence-electron chi connectivity index (χ2n) is 2.93. The Kier molecular flexibility index (Phi) is 5.41. The highest BCUT2D eigenvalue weighted by molar-refractivity contribution is 4.79. The van der Waals surface area contributed by atoms with E-state index in [1.54, 1.807) is 13.8 Å². The molecule has 0 aliphatic rings. The van der Waals surface area contributed by atoms with Crippen LogP contribution in [0.1, 0.15) is 26.7 Å². The fourth-order valence-corrected chi connectivity index (χ4v) is 0.938. The highest BCUT2D eigenvalue weighted by atomic mass is 16.4. The highest BCUT2D eigenvalue weighted by Gasteiger charge is 2.27. The Morgan fingerprint density at radius 2 is 1.00 bits per heavy atom. The van der Waals surface area contributed by atoms with Crippen molar-refractivity contribution in [2.45, 2.75) is 51.1 Å². The van der Waals surface area contributed by atoms with Gasteiger partial charge in [0.2, 0.25) is 0 Å². The first-order valence-corrected chi connectivity index (χ1v) is 4.26. The summed E-state index contributed by atoms with van der Waals surface area (Å²) in [6.07, 6.45) is -3.75. The van der Waals surface area contributed by atoms with Crippen LogP contribution in [0, 0.1) is 0 Å². The SMILES string of the molecule is CCC(O)[C@@H](O)[C@H](O)[C@@H](O)CC. The Morgan fingerprint density at radius 1 is 0.750 bits per heavy atom. The molecule has 74 valence electrons. The van der Waals surface area contributed by atoms with Crippen LogP contribution in [-0.2, 0) is 0 Å². The van der Waals surface area contributed by atoms with Gasteiger partial charge in [-0.2, -0.15) is 0 Å². The number of hydrogen-bond acceptors (Lipinski definition) is 4. The quantitative estimate of drug-likeness (QED) is 0.446. The lowest BCUT2D eigenvalue weighted by Crippen LogP contribution is -2.43. The minimum absolute atomic E-state index is 0.356. The number of hydrogen-bond donors (Lipinski definition) is 4. The number of rotatable bonds is 5. The van der Waals surface area contributed by atoms with E-state index in [1.165, 1.54) is 0 Å². The standard InChI is InChI=1S/C8H18O4/c1-3-5(9)7(11)8(12)6(10)4-2/h5-12H,3-4H2,1-2H3/t5-,6?,7+,8+/m0/s1. The average Bonchev–Trinajstić information content (AvgIpc) is 2.12. The third kappa shape index (κ3) is 3.06. The van der Waals surface area contributed by atoms with Crippen molar-refractivity contribution in [1.82, 2.24) is 0 Å². The zero-order valence-electron chi connectivity index (χ0n) is 7.51. The maximum atomic E-state index is 9.23. The second kappa shape index (κ2) is 5.48. The van der Waals surface area contributed by atoms with E-state index >= 15 is 0 Å². The molecule has 0 amide bonds. The lowest BCUT2D eigenvalue weighted by Gasteiger charge is -2.25. The van der Waals surface area contributed by atoms with Crippen LogP contribution < -0.4 is 0 Å². The molecule has 4 heteroatoms. The van der Waals surface area contributed by atoms with Gasteiger partial charge in [-0.3, -0.25) is 0 Å². The van der Waals surface area contributed by atoms with Crippen molar-refractivity contribution in [1.29, 1.82) is 0 Å². The van der Waals surface area contributed by atoms with E-state index in [2.05, 4.69) is 0 Å². The summed E-state index contributed by atoms with van der Waals surface area (Å²) in [5.41, 5.74) is 0. The Balaban J connectivity index is 3.99. The summed E-state index contributed by atoms with van der Waals surface area (Å²) in [4.78, 5) is 0. The van der Waals surface area contributed by atoms with E-state index in [9.17, 15) is 10.2 Å². The zero-order valence-corrected chi connectivity index (χ0v) is 7.51. The van der Waals surface area contributed by atoms with Crippen LogP contribution in [0.4, 0.5) is 0 Å². The molecule has 4 atom stereocenters. The van der Waals surface area contributed by atoms with Gasteiger partial charge >= 0.3 is 0 Å². The number of aliphatic hydroxyl groups is 4. The Morgan fingerprint density at radius 3 is 1.17 bits per heavy atom. The van der Waals surface area contributed by atoms with Crippen LogP contribution in [0.3, 0.4) is 0 Å². The van der Waals surface area contributed by atoms with E-state index in [4.69, 9.17) is 10.2 Å². The fourth-order valence-electron chi connectivity index (χ4n) is 0.938. The number of aliphatic hydroxyl groups excluding tert-OH is 4. The molecule has 0 aromatic rings. The summed E-state index contributed by atoms with van der Waals surface area (Å²) in [5.74, 6) is 0. The summed E-state index contributed by atoms with van der Waals surface area (Å²) >= 11 is 0. The average molecular weight is 178 g/mol. The van der Waals surface area contributed by atoms with Gasteiger partial charge in [0.15, 0.2) is 0 Å². The molecule has 4 N–H and O–H groups in total. The van der Waals surface area contributed by atoms with E-state index in [1.807, 2.05) is 0 Å². The third-order valence-corrected chi connectivity index (χ3v) is 1.97. The molecule has 0 bridgehead atoms. The van der Waals surface area contributed by atoms with Gasteiger partial charge in [-0.05, 0) is 12.8 Å². The van der Waals surface area contributed by atoms with Crippen LogP contribution in [0.2, 0.25) is 0 Å². The molecule has 1 unspecified atom stereocenters. The summed E-state index contributed by atoms with van der Waals surface area (Å²) < 4.78 is 0. The normalized spacial score (nSPS) is 21.5. The monoisotopic (exact) mass is 178 g/mol. The first-order chi connectivity index (χ1) is 5.54. The van der Waals surface area contributed by atoms with Crippen molar-refractivity contribution in [3.63, 3.8) is 0 Å². The molecule has 0 heterocycles. The molecule has 0 aromatic heterocycles. The van der Waals surface area contributed by atoms with Gasteiger partial charge in [0.1, 0.15) is 12.2 Å². The second-order valence-corrected chi connectivity index (χ2v) is 2.93. The largest absolute Gasteiger partial charge is 0.390 e. The van der Waals surface area contributed by atoms with E-state index in [0.29, 0.717) is 12.8 Å². The molecule has 0 aromatic carbocycles. The van der Waals surface area contributed by atoms with Crippen LogP contribution in [0.15, 0.2) is 0 Å². The van der Waals surface area contributed by atoms with Crippen LogP contribution >= 0.6 is 0 Å². The van der Waals surface area contributed by atoms with Gasteiger partial charge in [-0.1, -0.05) is 13.8 Å². The topological polar surface area (TPSA) is 80.9 Å². The molecule has 0 aliphatic heterocycles. The lowest BCUT2D eigenvalue weighted by molar-refractivity contribution is -0.105. The predicted molar refractivity (Wildman–Crippen MR) is 44.6 cm³/mol. The van der Waals surface area contributed by atoms with Crippen LogP contribution in [0.5, 0.6) is 0 Å². The van der Waals surface area contributed by atoms with Gasteiger partial charge in [0, 0.05) is 0 Å². The van der Waals surface area contributed by atoms with Crippen molar-refractivity contribution in [2.75, 3.05) is 0 Å². The summed E-state index contributed by atoms with van der Waals surface area (Å²) in [6, 6.07) is 0. The minimum Gasteiger partial charge on any atom is -0.390 e. The minimum atomic E-state index is -1.26. The molecule has 4 nitrogen and oxygen atoms in total. The molecular formula is C8H18O4. The zero-order chi connectivity index (χ0) is 9.72. The molecule has 0 spiro atoms. The Hall–Kier alpha value is -0.160. The molecule has 0 fully saturated rings.